The van der Waals surface area contributed by atoms with Crippen LogP contribution >= 0.6 is 11.6 Å². The van der Waals surface area contributed by atoms with E-state index >= 15 is 0 Å². The number of nitrogens with zero attached hydrogens (tertiary/aromatic N) is 3. The van der Waals surface area contributed by atoms with Gasteiger partial charge in [-0.1, -0.05) is 29.8 Å². The maximum Gasteiger partial charge on any atom is 0.258 e. The van der Waals surface area contributed by atoms with Crippen molar-refractivity contribution in [1.82, 2.24) is 9.80 Å². The Morgan fingerprint density at radius 3 is 2.62 bits per heavy atom. The van der Waals surface area contributed by atoms with E-state index in [0.717, 1.165) is 16.8 Å². The number of halogens is 1. The van der Waals surface area contributed by atoms with Crippen molar-refractivity contribution in [3.05, 3.63) is 63.7 Å². The standard InChI is InChI=1S/C24H28ClN3O4/c1-15-22(19(29)12-20(32-5)23(15)25)24(31)28-13-16-8-6-9-18(17(16)14-28)27(4)21(30)10-7-11-26(2)3/h6-10,12,29H,11,13-14H2,1-5H3/b10-7+. The molecule has 2 aromatic rings. The molecule has 2 aromatic carbocycles. The van der Waals surface area contributed by atoms with E-state index in [-0.39, 0.29) is 23.1 Å². The quantitative estimate of drug-likeness (QED) is 0.671. The van der Waals surface area contributed by atoms with Crippen LogP contribution in [0.3, 0.4) is 0 Å². The molecule has 7 nitrogen and oxygen atoms in total. The molecule has 1 aliphatic heterocycles. The number of hydrogen-bond acceptors (Lipinski definition) is 5. The second-order valence-corrected chi connectivity index (χ2v) is 8.43. The third-order valence-corrected chi connectivity index (χ3v) is 6.02. The molecule has 8 heteroatoms. The van der Waals surface area contributed by atoms with E-state index in [1.807, 2.05) is 43.3 Å². The van der Waals surface area contributed by atoms with Crippen LogP contribution in [-0.4, -0.2) is 61.5 Å². The molecule has 2 amide bonds. The molecule has 0 unspecified atom stereocenters. The Balaban J connectivity index is 1.86. The fourth-order valence-corrected chi connectivity index (χ4v) is 4.01. The molecule has 0 atom stereocenters. The van der Waals surface area contributed by atoms with Gasteiger partial charge in [0.25, 0.3) is 5.91 Å². The molecule has 0 radical (unpaired) electrons. The van der Waals surface area contributed by atoms with Gasteiger partial charge in [-0.05, 0) is 38.2 Å². The Bertz CT molecular complexity index is 1080. The van der Waals surface area contributed by atoms with Crippen molar-refractivity contribution >= 4 is 29.1 Å². The van der Waals surface area contributed by atoms with Crippen LogP contribution in [0.25, 0.3) is 0 Å². The summed E-state index contributed by atoms with van der Waals surface area (Å²) in [6, 6.07) is 7.05. The Hall–Kier alpha value is -3.03. The van der Waals surface area contributed by atoms with Crippen LogP contribution in [0.2, 0.25) is 5.02 Å². The number of likely N-dealkylation sites (N-methyl/N-ethyl adjacent to an activating group) is 2. The molecule has 0 saturated heterocycles. The van der Waals surface area contributed by atoms with Gasteiger partial charge >= 0.3 is 0 Å². The van der Waals surface area contributed by atoms with Crippen molar-refractivity contribution in [2.45, 2.75) is 20.0 Å². The molecule has 0 saturated carbocycles. The lowest BCUT2D eigenvalue weighted by Gasteiger charge is -2.21. The van der Waals surface area contributed by atoms with Crippen LogP contribution in [0.4, 0.5) is 5.69 Å². The Morgan fingerprint density at radius 2 is 1.97 bits per heavy atom. The van der Waals surface area contributed by atoms with E-state index in [1.54, 1.807) is 29.8 Å². The number of hydrogen-bond donors (Lipinski definition) is 1. The topological polar surface area (TPSA) is 73.3 Å². The number of ether oxygens (including phenoxy) is 1. The van der Waals surface area contributed by atoms with Gasteiger partial charge in [-0.2, -0.15) is 0 Å². The molecule has 170 valence electrons. The van der Waals surface area contributed by atoms with Crippen LogP contribution in [0.5, 0.6) is 11.5 Å². The van der Waals surface area contributed by atoms with Gasteiger partial charge < -0.3 is 24.5 Å². The Kier molecular flexibility index (Phi) is 7.11. The number of phenolic OH excluding ortho intramolecular Hbond substituents is 1. The first-order valence-corrected chi connectivity index (χ1v) is 10.6. The number of anilines is 1. The van der Waals surface area contributed by atoms with E-state index in [4.69, 9.17) is 16.3 Å². The Labute approximate surface area is 193 Å². The van der Waals surface area contributed by atoms with Crippen molar-refractivity contribution in [3.63, 3.8) is 0 Å². The molecule has 1 heterocycles. The average Bonchev–Trinajstić information content (AvgIpc) is 3.19. The van der Waals surface area contributed by atoms with Crippen LogP contribution < -0.4 is 9.64 Å². The first kappa shape index (κ1) is 23.6. The Morgan fingerprint density at radius 1 is 1.25 bits per heavy atom. The van der Waals surface area contributed by atoms with Gasteiger partial charge in [0.05, 0.1) is 17.7 Å². The zero-order valence-electron chi connectivity index (χ0n) is 19.0. The second-order valence-electron chi connectivity index (χ2n) is 8.05. The molecule has 0 aromatic heterocycles. The number of rotatable bonds is 6. The highest BCUT2D eigenvalue weighted by molar-refractivity contribution is 6.33. The number of aromatic hydroxyl groups is 1. The molecule has 0 bridgehead atoms. The van der Waals surface area contributed by atoms with Gasteiger partial charge in [0.2, 0.25) is 5.91 Å². The van der Waals surface area contributed by atoms with Gasteiger partial charge in [0, 0.05) is 50.1 Å². The first-order valence-electron chi connectivity index (χ1n) is 10.2. The molecule has 3 rings (SSSR count). The monoisotopic (exact) mass is 457 g/mol. The van der Waals surface area contributed by atoms with Gasteiger partial charge in [0.15, 0.2) is 0 Å². The lowest BCUT2D eigenvalue weighted by Crippen LogP contribution is -2.28. The molecule has 0 spiro atoms. The maximum absolute atomic E-state index is 13.3. The number of benzene rings is 2. The predicted molar refractivity (Wildman–Crippen MR) is 126 cm³/mol. The van der Waals surface area contributed by atoms with Crippen LogP contribution in [0, 0.1) is 6.92 Å². The summed E-state index contributed by atoms with van der Waals surface area (Å²) in [6.07, 6.45) is 3.37. The fourth-order valence-electron chi connectivity index (χ4n) is 3.78. The summed E-state index contributed by atoms with van der Waals surface area (Å²) in [5, 5.41) is 10.8. The average molecular weight is 458 g/mol. The minimum absolute atomic E-state index is 0.138. The van der Waals surface area contributed by atoms with E-state index < -0.39 is 0 Å². The summed E-state index contributed by atoms with van der Waals surface area (Å²) >= 11 is 6.31. The van der Waals surface area contributed by atoms with Gasteiger partial charge in [0.1, 0.15) is 11.5 Å². The van der Waals surface area contributed by atoms with Crippen molar-refractivity contribution in [2.75, 3.05) is 39.7 Å². The number of fused-ring (bicyclic) bond motifs is 1. The number of methoxy groups -OCH3 is 1. The maximum atomic E-state index is 13.3. The lowest BCUT2D eigenvalue weighted by atomic mass is 10.1. The summed E-state index contributed by atoms with van der Waals surface area (Å²) < 4.78 is 5.16. The molecular formula is C24H28ClN3O4. The normalized spacial score (nSPS) is 13.0. The van der Waals surface area contributed by atoms with E-state index in [1.165, 1.54) is 13.2 Å². The SMILES string of the molecule is COc1cc(O)c(C(=O)N2Cc3cccc(N(C)C(=O)/C=C/CN(C)C)c3C2)c(C)c1Cl. The van der Waals surface area contributed by atoms with Crippen LogP contribution in [-0.2, 0) is 17.9 Å². The summed E-state index contributed by atoms with van der Waals surface area (Å²) in [6.45, 7) is 3.05. The van der Waals surface area contributed by atoms with Gasteiger partial charge in [-0.3, -0.25) is 9.59 Å². The van der Waals surface area contributed by atoms with Crippen molar-refractivity contribution < 1.29 is 19.4 Å². The highest BCUT2D eigenvalue weighted by Crippen LogP contribution is 2.39. The third-order valence-electron chi connectivity index (χ3n) is 5.55. The van der Waals surface area contributed by atoms with Gasteiger partial charge in [-0.15, -0.1) is 0 Å². The summed E-state index contributed by atoms with van der Waals surface area (Å²) in [7, 11) is 7.04. The van der Waals surface area contributed by atoms with Crippen LogP contribution in [0.15, 0.2) is 36.4 Å². The first-order chi connectivity index (χ1) is 15.1. The highest BCUT2D eigenvalue weighted by atomic mass is 35.5. The predicted octanol–water partition coefficient (Wildman–Crippen LogP) is 3.60. The zero-order valence-corrected chi connectivity index (χ0v) is 19.7. The zero-order chi connectivity index (χ0) is 23.6. The number of phenols is 1. The van der Waals surface area contributed by atoms with Crippen molar-refractivity contribution in [3.8, 4) is 11.5 Å². The molecule has 0 aliphatic carbocycles. The minimum Gasteiger partial charge on any atom is -0.507 e. The molecular weight excluding hydrogens is 430 g/mol. The number of carbonyl (C=O) groups is 2. The molecule has 0 fully saturated rings. The molecule has 1 aliphatic rings. The lowest BCUT2D eigenvalue weighted by molar-refractivity contribution is -0.113. The van der Waals surface area contributed by atoms with Crippen molar-refractivity contribution in [2.24, 2.45) is 0 Å². The van der Waals surface area contributed by atoms with E-state index in [0.29, 0.717) is 36.0 Å². The number of amides is 2. The summed E-state index contributed by atoms with van der Waals surface area (Å²) in [5.41, 5.74) is 3.24. The largest absolute Gasteiger partial charge is 0.507 e. The van der Waals surface area contributed by atoms with Gasteiger partial charge in [-0.25, -0.2) is 0 Å². The summed E-state index contributed by atoms with van der Waals surface area (Å²) in [5.74, 6) is -0.331. The third kappa shape index (κ3) is 4.59. The minimum atomic E-state index is -0.327. The van der Waals surface area contributed by atoms with Crippen molar-refractivity contribution in [1.29, 1.82) is 0 Å². The van der Waals surface area contributed by atoms with Crippen LogP contribution in [0.1, 0.15) is 27.0 Å². The number of carbonyl (C=O) groups excluding carboxylic acids is 2. The smallest absolute Gasteiger partial charge is 0.258 e. The molecule has 1 N–H and O–H groups in total. The molecule has 32 heavy (non-hydrogen) atoms. The van der Waals surface area contributed by atoms with E-state index in [9.17, 15) is 14.7 Å². The fraction of sp³-hybridized carbons (Fsp3) is 0.333. The second kappa shape index (κ2) is 9.63. The van der Waals surface area contributed by atoms with E-state index in [2.05, 4.69) is 0 Å². The summed E-state index contributed by atoms with van der Waals surface area (Å²) in [4.78, 5) is 31.1. The highest BCUT2D eigenvalue weighted by Gasteiger charge is 2.31.